The Morgan fingerprint density at radius 2 is 0.651 bits per heavy atom. The maximum absolute atomic E-state index is 14.6. The van der Waals surface area contributed by atoms with Gasteiger partial charge in [-0.25, -0.2) is 58.6 Å². The molecule has 0 saturated carbocycles. The third-order valence-corrected chi connectivity index (χ3v) is 17.2. The summed E-state index contributed by atoms with van der Waals surface area (Å²) in [7, 11) is 0. The predicted octanol–water partition coefficient (Wildman–Crippen LogP) is 17.6. The Kier molecular flexibility index (Phi) is 26.6. The van der Waals surface area contributed by atoms with Crippen LogP contribution >= 0.6 is 50.1 Å². The molecule has 0 unspecified atom stereocenters. The van der Waals surface area contributed by atoms with Crippen LogP contribution < -0.4 is 52.4 Å². The molecule has 0 bridgehead atoms. The Morgan fingerprint density at radius 3 is 1.02 bits per heavy atom. The van der Waals surface area contributed by atoms with Gasteiger partial charge in [0.05, 0.1) is 60.5 Å². The van der Waals surface area contributed by atoms with Crippen molar-refractivity contribution in [3.05, 3.63) is 83.7 Å². The van der Waals surface area contributed by atoms with E-state index in [2.05, 4.69) is 88.4 Å². The molecule has 10 aromatic rings. The number of aromatic hydroxyl groups is 5. The normalized spacial score (nSPS) is 12.2. The summed E-state index contributed by atoms with van der Waals surface area (Å²) in [5, 5.41) is 53.5. The Morgan fingerprint density at radius 1 is 0.377 bits per heavy atom. The summed E-state index contributed by atoms with van der Waals surface area (Å²) in [6.45, 7) is 49.7. The molecule has 0 spiro atoms. The number of nitrogens with zero attached hydrogens (tertiary/aromatic N) is 10. The first-order chi connectivity index (χ1) is 48.5. The topological polar surface area (TPSA) is 406 Å². The number of hydrogen-bond donors (Lipinski definition) is 10. The highest BCUT2D eigenvalue weighted by atomic mass is 127. The molecule has 0 saturated heterocycles. The largest absolute Gasteiger partial charge is 0.503 e. The van der Waals surface area contributed by atoms with Crippen LogP contribution in [-0.4, -0.2) is 106 Å². The lowest BCUT2D eigenvalue weighted by molar-refractivity contribution is 0.228. The van der Waals surface area contributed by atoms with Crippen molar-refractivity contribution in [2.75, 3.05) is 28.7 Å². The highest BCUT2D eigenvalue weighted by Crippen LogP contribution is 2.47. The van der Waals surface area contributed by atoms with Crippen molar-refractivity contribution in [3.63, 3.8) is 0 Å². The summed E-state index contributed by atoms with van der Waals surface area (Å²) >= 11 is 11.7. The van der Waals surface area contributed by atoms with Gasteiger partial charge in [0.15, 0.2) is 69.1 Å². The van der Waals surface area contributed by atoms with Gasteiger partial charge in [0.1, 0.15) is 74.3 Å². The van der Waals surface area contributed by atoms with Gasteiger partial charge in [0.25, 0.3) is 0 Å². The number of fused-ring (bicyclic) bond motifs is 5. The van der Waals surface area contributed by atoms with Gasteiger partial charge in [0.2, 0.25) is 0 Å². The van der Waals surface area contributed by atoms with Crippen molar-refractivity contribution in [2.24, 2.45) is 0 Å². The third-order valence-electron chi connectivity index (χ3n) is 15.0. The highest BCUT2D eigenvalue weighted by molar-refractivity contribution is 14.1. The fraction of sp³-hybridized carbons (Fsp3) is 0.474. The number of aryl methyl sites for hydroxylation is 1. The molecule has 5 aromatic carbocycles. The lowest BCUT2D eigenvalue weighted by Gasteiger charge is -2.20. The van der Waals surface area contributed by atoms with E-state index in [1.165, 1.54) is 6.07 Å². The average Bonchev–Trinajstić information content (AvgIpc) is 0.769. The lowest BCUT2D eigenvalue weighted by Crippen LogP contribution is -2.18. The monoisotopic (exact) mass is 1660 g/mol. The van der Waals surface area contributed by atoms with E-state index in [9.17, 15) is 34.3 Å². The van der Waals surface area contributed by atoms with E-state index in [-0.39, 0.29) is 120 Å². The summed E-state index contributed by atoms with van der Waals surface area (Å²) < 4.78 is 57.7. The number of halogens is 5. The van der Waals surface area contributed by atoms with Crippen molar-refractivity contribution >= 4 is 134 Å². The van der Waals surface area contributed by atoms with E-state index in [0.29, 0.717) is 115 Å². The molecule has 0 aliphatic rings. The first-order valence-corrected chi connectivity index (χ1v) is 36.5. The summed E-state index contributed by atoms with van der Waals surface area (Å²) in [5.41, 5.74) is 30.8. The number of hydrogen-bond acceptors (Lipinski definition) is 25. The van der Waals surface area contributed by atoms with E-state index in [4.69, 9.17) is 64.0 Å². The van der Waals surface area contributed by atoms with Crippen LogP contribution in [0.15, 0.2) is 28.7 Å². The van der Waals surface area contributed by atoms with Crippen molar-refractivity contribution in [2.45, 2.75) is 238 Å². The first kappa shape index (κ1) is 86.1. The zero-order valence-electron chi connectivity index (χ0n) is 65.2. The van der Waals surface area contributed by atoms with Crippen LogP contribution in [0, 0.1) is 22.1 Å². The second kappa shape index (κ2) is 32.7. The molecule has 106 heavy (non-hydrogen) atoms. The number of rotatable bonds is 10. The second-order valence-corrected chi connectivity index (χ2v) is 34.1. The van der Waals surface area contributed by atoms with Gasteiger partial charge in [0, 0.05) is 54.2 Å². The first-order valence-electron chi connectivity index (χ1n) is 34.3. The Hall–Kier alpha value is -8.84. The van der Waals surface area contributed by atoms with Crippen LogP contribution in [0.25, 0.3) is 54.5 Å². The quantitative estimate of drug-likeness (QED) is 0.0569. The number of ether oxygens (including phenoxy) is 5. The molecule has 5 heterocycles. The maximum Gasteiger partial charge on any atom is 0.196 e. The summed E-state index contributed by atoms with van der Waals surface area (Å²) in [6, 6.07) is 6.47. The van der Waals surface area contributed by atoms with Crippen LogP contribution in [0.3, 0.4) is 0 Å². The minimum Gasteiger partial charge on any atom is -0.503 e. The molecular formula is C76H102BrClF2IN15O10. The number of anilines is 5. The smallest absolute Gasteiger partial charge is 0.196 e. The molecule has 0 aliphatic heterocycles. The number of aromatic nitrogens is 10. The van der Waals surface area contributed by atoms with Gasteiger partial charge >= 0.3 is 0 Å². The van der Waals surface area contributed by atoms with Gasteiger partial charge in [-0.3, -0.25) is 0 Å². The second-order valence-electron chi connectivity index (χ2n) is 31.8. The van der Waals surface area contributed by atoms with E-state index in [1.54, 1.807) is 52.8 Å². The molecule has 0 atom stereocenters. The highest BCUT2D eigenvalue weighted by Gasteiger charge is 2.30. The molecule has 0 radical (unpaired) electrons. The maximum atomic E-state index is 14.6. The van der Waals surface area contributed by atoms with Crippen LogP contribution in [0.5, 0.6) is 57.5 Å². The summed E-state index contributed by atoms with van der Waals surface area (Å²) in [6.07, 6.45) is -0.613. The fourth-order valence-electron chi connectivity index (χ4n) is 9.81. The van der Waals surface area contributed by atoms with Crippen LogP contribution in [0.1, 0.15) is 208 Å². The Bertz CT molecular complexity index is 4460. The molecule has 5 aromatic heterocycles. The number of phenolic OH excluding ortho intramolecular Hbond substituents is 5. The fourth-order valence-corrected chi connectivity index (χ4v) is 11.2. The summed E-state index contributed by atoms with van der Waals surface area (Å²) in [4.78, 5) is 43.6. The van der Waals surface area contributed by atoms with Gasteiger partial charge in [-0.2, -0.15) is 0 Å². The molecule has 576 valence electrons. The molecule has 25 nitrogen and oxygen atoms in total. The Balaban J connectivity index is 0.000000208. The zero-order chi connectivity index (χ0) is 80.6. The van der Waals surface area contributed by atoms with E-state index in [1.807, 2.05) is 145 Å². The molecule has 15 N–H and O–H groups in total. The molecule has 10 rings (SSSR count). The van der Waals surface area contributed by atoms with E-state index >= 15 is 0 Å². The number of nitrogens with two attached hydrogens (primary N) is 5. The van der Waals surface area contributed by atoms with Gasteiger partial charge < -0.3 is 77.9 Å². The van der Waals surface area contributed by atoms with Crippen LogP contribution in [0.2, 0.25) is 5.02 Å². The molecule has 30 heteroatoms. The molecular weight excluding hydrogens is 1560 g/mol. The summed E-state index contributed by atoms with van der Waals surface area (Å²) in [5.74, 6) is 2.50. The minimum atomic E-state index is -0.845. The molecule has 0 amide bonds. The lowest BCUT2D eigenvalue weighted by atomic mass is 9.95. The van der Waals surface area contributed by atoms with Gasteiger partial charge in [-0.1, -0.05) is 115 Å². The van der Waals surface area contributed by atoms with Crippen molar-refractivity contribution in [3.8, 4) is 57.5 Å². The third kappa shape index (κ3) is 20.0. The minimum absolute atomic E-state index is 0.000955. The molecule has 0 aliphatic carbocycles. The zero-order valence-corrected chi connectivity index (χ0v) is 69.7. The van der Waals surface area contributed by atoms with Crippen LogP contribution in [0.4, 0.5) is 37.9 Å². The molecule has 0 fully saturated rings. The van der Waals surface area contributed by atoms with Crippen molar-refractivity contribution in [1.82, 2.24) is 49.8 Å². The predicted molar refractivity (Wildman–Crippen MR) is 430 cm³/mol. The van der Waals surface area contributed by atoms with Crippen LogP contribution in [-0.2, 0) is 27.1 Å². The number of benzene rings is 5. The van der Waals surface area contributed by atoms with Gasteiger partial charge in [-0.05, 0) is 139 Å². The van der Waals surface area contributed by atoms with E-state index < -0.39 is 23.1 Å². The average molecular weight is 1670 g/mol. The SMILES string of the molecule is CC(C)Oc1cc2c(N)nc(C(C)(C)C)nc2c(Br)c1O.CC(C)Oc1cc2c(N)nc(C(C)(C)C)nc2c(Cl)c1O.CC(C)Oc1cc2c(N)nc(C(C)(C)C)nc2c(F)c1O.CC(C)Oc1cc2c(N)nc(C(C)(C)C)nc2c(I)c1O.Cc1c(OC(C)C)c(O)c(F)c2nc(C(C)(C)C)nc(N)c12. The number of phenols is 5. The Labute approximate surface area is 644 Å². The standard InChI is InChI=1S/C16H22FN3O2.C15H20BrN3O2.C15H20ClN3O2.C15H20FN3O2.C15H20IN3O2/c1-7(2)22-13-8(3)9-11(10(17)12(13)21)19-15(16(4,5)6)20-14(9)18;4*1-7(2)21-9-6-8-11(10(16)12(9)20)18-14(15(3,4)5)19-13(8)17/h7,21H,1-6H3,(H2,18,19,20);4*6-7,20H,1-5H3,(H2,17,18,19). The van der Waals surface area contributed by atoms with Crippen molar-refractivity contribution < 1.29 is 58.0 Å². The van der Waals surface area contributed by atoms with Gasteiger partial charge in [-0.15, -0.1) is 0 Å². The van der Waals surface area contributed by atoms with Crippen molar-refractivity contribution in [1.29, 1.82) is 0 Å². The number of nitrogen functional groups attached to an aromatic ring is 5. The van der Waals surface area contributed by atoms with E-state index in [0.717, 1.165) is 0 Å².